The van der Waals surface area contributed by atoms with E-state index in [4.69, 9.17) is 16.3 Å². The van der Waals surface area contributed by atoms with Gasteiger partial charge in [-0.15, -0.1) is 0 Å². The number of carbonyl (C=O) groups excluding carboxylic acids is 1. The van der Waals surface area contributed by atoms with E-state index in [9.17, 15) is 4.79 Å². The van der Waals surface area contributed by atoms with Crippen molar-refractivity contribution in [2.45, 2.75) is 65.2 Å². The summed E-state index contributed by atoms with van der Waals surface area (Å²) >= 11 is 5.83. The second-order valence-electron chi connectivity index (χ2n) is 6.76. The Bertz CT molecular complexity index is 329. The van der Waals surface area contributed by atoms with E-state index in [0.717, 1.165) is 24.4 Å². The van der Waals surface area contributed by atoms with Gasteiger partial charge in [0.2, 0.25) is 0 Å². The van der Waals surface area contributed by atoms with E-state index < -0.39 is 0 Å². The van der Waals surface area contributed by atoms with Crippen molar-refractivity contribution >= 4 is 17.6 Å². The minimum absolute atomic E-state index is 0. The number of quaternary nitrogens is 1. The largest absolute Gasteiger partial charge is 1.00 e. The van der Waals surface area contributed by atoms with Crippen molar-refractivity contribution in [2.75, 3.05) is 33.8 Å². The summed E-state index contributed by atoms with van der Waals surface area (Å²) in [5.41, 5.74) is 0. The lowest BCUT2D eigenvalue weighted by atomic mass is 10.1. The Morgan fingerprint density at radius 3 is 2.09 bits per heavy atom. The fraction of sp³-hybridized carbons (Fsp3) is 0.833. The second-order valence-corrected chi connectivity index (χ2v) is 7.36. The minimum Gasteiger partial charge on any atom is -1.00 e. The van der Waals surface area contributed by atoms with Crippen LogP contribution in [0.15, 0.2) is 11.1 Å². The van der Waals surface area contributed by atoms with Gasteiger partial charge in [0.25, 0.3) is 0 Å². The van der Waals surface area contributed by atoms with Crippen molar-refractivity contribution in [1.29, 1.82) is 0 Å². The van der Waals surface area contributed by atoms with Crippen molar-refractivity contribution in [2.24, 2.45) is 0 Å². The van der Waals surface area contributed by atoms with Crippen LogP contribution in [0.25, 0.3) is 0 Å². The van der Waals surface area contributed by atoms with Gasteiger partial charge in [-0.3, -0.25) is 0 Å². The summed E-state index contributed by atoms with van der Waals surface area (Å²) in [6.07, 6.45) is 12.0. The van der Waals surface area contributed by atoms with E-state index in [2.05, 4.69) is 6.92 Å². The highest BCUT2D eigenvalue weighted by molar-refractivity contribution is 6.29. The van der Waals surface area contributed by atoms with E-state index in [0.29, 0.717) is 17.6 Å². The van der Waals surface area contributed by atoms with Gasteiger partial charge in [-0.1, -0.05) is 63.5 Å². The van der Waals surface area contributed by atoms with Crippen molar-refractivity contribution in [1.82, 2.24) is 0 Å². The van der Waals surface area contributed by atoms with Crippen molar-refractivity contribution in [3.63, 3.8) is 0 Å². The molecule has 0 aromatic heterocycles. The smallest absolute Gasteiger partial charge is 0.361 e. The van der Waals surface area contributed by atoms with Crippen LogP contribution in [0.2, 0.25) is 0 Å². The van der Waals surface area contributed by atoms with Crippen LogP contribution >= 0.6 is 11.6 Å². The molecule has 0 atom stereocenters. The number of esters is 1. The molecular weight excluding hydrogens is 378 g/mol. The molecule has 23 heavy (non-hydrogen) atoms. The molecule has 0 saturated heterocycles. The lowest BCUT2D eigenvalue weighted by molar-refractivity contribution is -0.877. The van der Waals surface area contributed by atoms with E-state index >= 15 is 0 Å². The molecule has 5 heteroatoms. The maximum Gasteiger partial charge on any atom is 0.361 e. The maximum atomic E-state index is 11.8. The molecule has 0 N–H and O–H groups in total. The van der Waals surface area contributed by atoms with Gasteiger partial charge in [-0.25, -0.2) is 4.79 Å². The molecule has 0 saturated carbocycles. The average molecular weight is 413 g/mol. The van der Waals surface area contributed by atoms with Crippen LogP contribution in [0.1, 0.15) is 65.2 Å². The Morgan fingerprint density at radius 1 is 1.04 bits per heavy atom. The van der Waals surface area contributed by atoms with Gasteiger partial charge in [0, 0.05) is 5.03 Å². The quantitative estimate of drug-likeness (QED) is 0.262. The van der Waals surface area contributed by atoms with Crippen LogP contribution in [0.4, 0.5) is 0 Å². The molecule has 0 bridgehead atoms. The summed E-state index contributed by atoms with van der Waals surface area (Å²) in [5.74, 6) is -0.117. The normalized spacial score (nSPS) is 12.0. The first-order chi connectivity index (χ1) is 10.4. The molecule has 0 aliphatic rings. The van der Waals surface area contributed by atoms with Gasteiger partial charge in [0.1, 0.15) is 0 Å². The molecule has 0 aliphatic carbocycles. The molecule has 3 nitrogen and oxygen atoms in total. The number of unbranched alkanes of at least 4 members (excludes halogenated alkanes) is 7. The van der Waals surface area contributed by atoms with Gasteiger partial charge >= 0.3 is 5.97 Å². The number of nitrogens with zero attached hydrogens (tertiary/aromatic N) is 1. The average Bonchev–Trinajstić information content (AvgIpc) is 2.43. The number of halogens is 2. The van der Waals surface area contributed by atoms with Crippen molar-refractivity contribution < 1.29 is 31.0 Å². The Balaban J connectivity index is 0. The van der Waals surface area contributed by atoms with Crippen molar-refractivity contribution in [3.8, 4) is 0 Å². The highest BCUT2D eigenvalue weighted by Gasteiger charge is 2.19. The number of likely N-dealkylation sites (N-methyl/N-ethyl adjacent to an activating group) is 1. The zero-order valence-electron chi connectivity index (χ0n) is 15.4. The van der Waals surface area contributed by atoms with Crippen LogP contribution in [-0.4, -0.2) is 44.2 Å². The Kier molecular flexibility index (Phi) is 16.9. The van der Waals surface area contributed by atoms with Gasteiger partial charge in [-0.2, -0.15) is 0 Å². The standard InChI is InChI=1S/C18H35ClNO2.BrH/c1-5-6-7-8-9-10-11-12-15-22-18(21)16-20(3,4)14-13-17(2)19;/h13H,5-12,14-16H2,1-4H3;1H/q+1;/p-1/b17-13-;. The predicted octanol–water partition coefficient (Wildman–Crippen LogP) is 1.89. The monoisotopic (exact) mass is 411 g/mol. The molecule has 0 fully saturated rings. The molecule has 0 rings (SSSR count). The van der Waals surface area contributed by atoms with Gasteiger partial charge in [0.15, 0.2) is 6.54 Å². The lowest BCUT2D eigenvalue weighted by Crippen LogP contribution is -3.00. The summed E-state index contributed by atoms with van der Waals surface area (Å²) in [4.78, 5) is 11.8. The first-order valence-electron chi connectivity index (χ1n) is 8.67. The number of hydrogen-bond donors (Lipinski definition) is 0. The fourth-order valence-electron chi connectivity index (χ4n) is 2.25. The summed E-state index contributed by atoms with van der Waals surface area (Å²) < 4.78 is 5.89. The zero-order chi connectivity index (χ0) is 16.8. The maximum absolute atomic E-state index is 11.8. The highest BCUT2D eigenvalue weighted by Crippen LogP contribution is 2.09. The summed E-state index contributed by atoms with van der Waals surface area (Å²) in [7, 11) is 4.02. The third kappa shape index (κ3) is 18.1. The van der Waals surface area contributed by atoms with Crippen LogP contribution in [0.3, 0.4) is 0 Å². The molecule has 0 amide bonds. The molecule has 0 aromatic carbocycles. The zero-order valence-corrected chi connectivity index (χ0v) is 17.7. The molecule has 0 aliphatic heterocycles. The van der Waals surface area contributed by atoms with Crippen LogP contribution in [0, 0.1) is 0 Å². The Hall–Kier alpha value is -0.0600. The first-order valence-corrected chi connectivity index (χ1v) is 9.05. The molecule has 138 valence electrons. The molecular formula is C18H35BrClNO2. The molecule has 0 spiro atoms. The number of carbonyl (C=O) groups is 1. The van der Waals surface area contributed by atoms with Gasteiger partial charge in [0.05, 0.1) is 27.2 Å². The van der Waals surface area contributed by atoms with E-state index in [1.54, 1.807) is 0 Å². The Morgan fingerprint density at radius 2 is 1.57 bits per heavy atom. The third-order valence-corrected chi connectivity index (χ3v) is 3.84. The topological polar surface area (TPSA) is 26.3 Å². The Labute approximate surface area is 158 Å². The van der Waals surface area contributed by atoms with Crippen LogP contribution in [0.5, 0.6) is 0 Å². The number of ether oxygens (including phenoxy) is 1. The number of hydrogen-bond acceptors (Lipinski definition) is 2. The highest BCUT2D eigenvalue weighted by atomic mass is 79.9. The van der Waals surface area contributed by atoms with Crippen LogP contribution in [-0.2, 0) is 9.53 Å². The van der Waals surface area contributed by atoms with Crippen LogP contribution < -0.4 is 17.0 Å². The first kappa shape index (κ1) is 25.2. The van der Waals surface area contributed by atoms with Gasteiger partial charge < -0.3 is 26.2 Å². The SMILES string of the molecule is CCCCCCCCCCOC(=O)C[N+](C)(C)C/C=C(/C)Cl.[Br-]. The third-order valence-electron chi connectivity index (χ3n) is 3.68. The lowest BCUT2D eigenvalue weighted by Gasteiger charge is -2.27. The fourth-order valence-corrected chi connectivity index (χ4v) is 2.32. The van der Waals surface area contributed by atoms with Crippen molar-refractivity contribution in [3.05, 3.63) is 11.1 Å². The van der Waals surface area contributed by atoms with Gasteiger partial charge in [-0.05, 0) is 19.4 Å². The number of rotatable bonds is 13. The summed E-state index contributed by atoms with van der Waals surface area (Å²) in [6, 6.07) is 0. The summed E-state index contributed by atoms with van der Waals surface area (Å²) in [6.45, 7) is 5.77. The number of allylic oxidation sites excluding steroid dienone is 1. The van der Waals surface area contributed by atoms with E-state index in [1.807, 2.05) is 27.1 Å². The molecule has 0 radical (unpaired) electrons. The van der Waals surface area contributed by atoms with E-state index in [1.165, 1.54) is 38.5 Å². The molecule has 0 unspecified atom stereocenters. The predicted molar refractivity (Wildman–Crippen MR) is 95.0 cm³/mol. The second kappa shape index (κ2) is 15.5. The van der Waals surface area contributed by atoms with E-state index in [-0.39, 0.29) is 23.0 Å². The molecule has 0 heterocycles. The molecule has 0 aromatic rings. The summed E-state index contributed by atoms with van der Waals surface area (Å²) in [5, 5.41) is 0.763. The minimum atomic E-state index is -0.117.